The molecule has 1 aromatic carbocycles. The molecule has 0 unspecified atom stereocenters. The highest BCUT2D eigenvalue weighted by Crippen LogP contribution is 2.25. The number of nitrogens with one attached hydrogen (secondary N) is 1. The Labute approximate surface area is 132 Å². The molecule has 2 aromatic rings. The zero-order valence-corrected chi connectivity index (χ0v) is 13.6. The van der Waals surface area contributed by atoms with E-state index < -0.39 is 0 Å². The van der Waals surface area contributed by atoms with E-state index in [1.54, 1.807) is 12.4 Å². The first-order chi connectivity index (χ1) is 10.5. The van der Waals surface area contributed by atoms with Gasteiger partial charge < -0.3 is 10.2 Å². The second-order valence-electron chi connectivity index (χ2n) is 5.64. The Bertz CT molecular complexity index is 652. The van der Waals surface area contributed by atoms with Crippen molar-refractivity contribution in [3.05, 3.63) is 53.9 Å². The summed E-state index contributed by atoms with van der Waals surface area (Å²) in [7, 11) is 0. The lowest BCUT2D eigenvalue weighted by Crippen LogP contribution is -2.30. The van der Waals surface area contributed by atoms with Crippen LogP contribution in [0.25, 0.3) is 0 Å². The Morgan fingerprint density at radius 1 is 1.23 bits per heavy atom. The maximum absolute atomic E-state index is 12.1. The monoisotopic (exact) mass is 297 g/mol. The first-order valence-corrected chi connectivity index (χ1v) is 7.61. The van der Waals surface area contributed by atoms with Crippen LogP contribution in [0.15, 0.2) is 42.7 Å². The van der Waals surface area contributed by atoms with Crippen molar-refractivity contribution in [2.45, 2.75) is 33.7 Å². The van der Waals surface area contributed by atoms with Crippen LogP contribution >= 0.6 is 0 Å². The van der Waals surface area contributed by atoms with Crippen molar-refractivity contribution < 1.29 is 4.79 Å². The molecule has 0 saturated heterocycles. The summed E-state index contributed by atoms with van der Waals surface area (Å²) in [6, 6.07) is 10.3. The Kier molecular flexibility index (Phi) is 5.15. The summed E-state index contributed by atoms with van der Waals surface area (Å²) in [5.41, 5.74) is 3.81. The van der Waals surface area contributed by atoms with E-state index in [0.29, 0.717) is 5.56 Å². The van der Waals surface area contributed by atoms with Gasteiger partial charge in [-0.1, -0.05) is 12.1 Å². The summed E-state index contributed by atoms with van der Waals surface area (Å²) in [6.45, 7) is 8.85. The van der Waals surface area contributed by atoms with Crippen molar-refractivity contribution in [2.75, 3.05) is 11.4 Å². The third-order valence-electron chi connectivity index (χ3n) is 3.35. The molecule has 116 valence electrons. The average molecular weight is 297 g/mol. The van der Waals surface area contributed by atoms with Crippen molar-refractivity contribution in [2.24, 2.45) is 0 Å². The van der Waals surface area contributed by atoms with Gasteiger partial charge in [0, 0.05) is 24.5 Å². The maximum Gasteiger partial charge on any atom is 0.253 e. The van der Waals surface area contributed by atoms with E-state index in [1.165, 1.54) is 5.56 Å². The summed E-state index contributed by atoms with van der Waals surface area (Å²) in [6.07, 6.45) is 3.39. The molecule has 0 bridgehead atoms. The molecule has 1 aromatic heterocycles. The summed E-state index contributed by atoms with van der Waals surface area (Å²) >= 11 is 0. The van der Waals surface area contributed by atoms with E-state index in [4.69, 9.17) is 0 Å². The molecule has 0 aliphatic carbocycles. The Morgan fingerprint density at radius 3 is 2.64 bits per heavy atom. The third-order valence-corrected chi connectivity index (χ3v) is 3.35. The lowest BCUT2D eigenvalue weighted by Gasteiger charge is -2.23. The number of aryl methyl sites for hydroxylation is 1. The van der Waals surface area contributed by atoms with E-state index in [9.17, 15) is 4.79 Å². The van der Waals surface area contributed by atoms with Gasteiger partial charge in [-0.2, -0.15) is 0 Å². The molecule has 4 heteroatoms. The van der Waals surface area contributed by atoms with E-state index in [2.05, 4.69) is 47.2 Å². The molecule has 1 heterocycles. The number of anilines is 2. The van der Waals surface area contributed by atoms with Crippen LogP contribution in [0.3, 0.4) is 0 Å². The molecular formula is C18H23N3O. The number of aromatic nitrogens is 1. The van der Waals surface area contributed by atoms with Crippen LogP contribution in [0, 0.1) is 6.92 Å². The van der Waals surface area contributed by atoms with Crippen LogP contribution in [0.4, 0.5) is 11.4 Å². The van der Waals surface area contributed by atoms with Crippen LogP contribution in [0.5, 0.6) is 0 Å². The standard InChI is InChI=1S/C18H23N3O/c1-5-21(16-8-6-7-14(4)9-16)17-10-15(11-19-12-17)18(22)20-13(2)3/h6-13H,5H2,1-4H3,(H,20,22). The molecule has 0 saturated carbocycles. The van der Waals surface area contributed by atoms with Crippen molar-refractivity contribution in [3.8, 4) is 0 Å². The molecule has 4 nitrogen and oxygen atoms in total. The van der Waals surface area contributed by atoms with Gasteiger partial charge >= 0.3 is 0 Å². The van der Waals surface area contributed by atoms with Gasteiger partial charge in [-0.05, 0) is 51.5 Å². The second-order valence-corrected chi connectivity index (χ2v) is 5.64. The number of benzene rings is 1. The van der Waals surface area contributed by atoms with Crippen LogP contribution in [-0.2, 0) is 0 Å². The van der Waals surface area contributed by atoms with Crippen LogP contribution in [0.1, 0.15) is 36.7 Å². The lowest BCUT2D eigenvalue weighted by atomic mass is 10.1. The van der Waals surface area contributed by atoms with E-state index in [0.717, 1.165) is 17.9 Å². The van der Waals surface area contributed by atoms with Gasteiger partial charge in [0.2, 0.25) is 0 Å². The van der Waals surface area contributed by atoms with Crippen molar-refractivity contribution in [1.82, 2.24) is 10.3 Å². The van der Waals surface area contributed by atoms with Crippen LogP contribution in [-0.4, -0.2) is 23.5 Å². The molecule has 22 heavy (non-hydrogen) atoms. The predicted molar refractivity (Wildman–Crippen MR) is 90.7 cm³/mol. The van der Waals surface area contributed by atoms with Gasteiger partial charge in [0.25, 0.3) is 5.91 Å². The fourth-order valence-corrected chi connectivity index (χ4v) is 2.36. The van der Waals surface area contributed by atoms with Gasteiger partial charge in [0.15, 0.2) is 0 Å². The molecule has 0 fully saturated rings. The predicted octanol–water partition coefficient (Wildman–Crippen LogP) is 3.69. The van der Waals surface area contributed by atoms with E-state index in [-0.39, 0.29) is 11.9 Å². The summed E-state index contributed by atoms with van der Waals surface area (Å²) in [5.74, 6) is -0.0929. The second kappa shape index (κ2) is 7.07. The molecular weight excluding hydrogens is 274 g/mol. The van der Waals surface area contributed by atoms with Gasteiger partial charge in [-0.3, -0.25) is 9.78 Å². The molecule has 0 spiro atoms. The average Bonchev–Trinajstić information content (AvgIpc) is 2.48. The largest absolute Gasteiger partial charge is 0.350 e. The number of hydrogen-bond donors (Lipinski definition) is 1. The molecule has 2 rings (SSSR count). The quantitative estimate of drug-likeness (QED) is 0.915. The highest BCUT2D eigenvalue weighted by atomic mass is 16.1. The zero-order valence-electron chi connectivity index (χ0n) is 13.6. The number of amides is 1. The highest BCUT2D eigenvalue weighted by Gasteiger charge is 2.12. The normalized spacial score (nSPS) is 10.6. The number of carbonyl (C=O) groups excluding carboxylic acids is 1. The van der Waals surface area contributed by atoms with E-state index >= 15 is 0 Å². The van der Waals surface area contributed by atoms with Crippen LogP contribution < -0.4 is 10.2 Å². The summed E-state index contributed by atoms with van der Waals surface area (Å²) < 4.78 is 0. The number of nitrogens with zero attached hydrogens (tertiary/aromatic N) is 2. The molecule has 1 N–H and O–H groups in total. The SMILES string of the molecule is CCN(c1cccc(C)c1)c1cncc(C(=O)NC(C)C)c1. The van der Waals surface area contributed by atoms with E-state index in [1.807, 2.05) is 26.0 Å². The number of carbonyl (C=O) groups is 1. The third kappa shape index (κ3) is 3.85. The smallest absolute Gasteiger partial charge is 0.253 e. The Hall–Kier alpha value is -2.36. The Morgan fingerprint density at radius 2 is 2.00 bits per heavy atom. The van der Waals surface area contributed by atoms with Gasteiger partial charge in [0.05, 0.1) is 17.4 Å². The summed E-state index contributed by atoms with van der Waals surface area (Å²) in [5, 5.41) is 2.89. The molecule has 0 aliphatic heterocycles. The summed E-state index contributed by atoms with van der Waals surface area (Å²) in [4.78, 5) is 18.5. The van der Waals surface area contributed by atoms with Gasteiger partial charge in [0.1, 0.15) is 0 Å². The highest BCUT2D eigenvalue weighted by molar-refractivity contribution is 5.95. The van der Waals surface area contributed by atoms with Crippen molar-refractivity contribution >= 4 is 17.3 Å². The zero-order chi connectivity index (χ0) is 16.1. The van der Waals surface area contributed by atoms with Gasteiger partial charge in [-0.25, -0.2) is 0 Å². The number of pyridine rings is 1. The minimum Gasteiger partial charge on any atom is -0.350 e. The minimum atomic E-state index is -0.0929. The molecule has 1 amide bonds. The fourth-order valence-electron chi connectivity index (χ4n) is 2.36. The topological polar surface area (TPSA) is 45.2 Å². The first-order valence-electron chi connectivity index (χ1n) is 7.61. The van der Waals surface area contributed by atoms with Crippen molar-refractivity contribution in [3.63, 3.8) is 0 Å². The van der Waals surface area contributed by atoms with Crippen molar-refractivity contribution in [1.29, 1.82) is 0 Å². The fraction of sp³-hybridized carbons (Fsp3) is 0.333. The molecule has 0 atom stereocenters. The lowest BCUT2D eigenvalue weighted by molar-refractivity contribution is 0.0943. The van der Waals surface area contributed by atoms with Crippen LogP contribution in [0.2, 0.25) is 0 Å². The molecule has 0 radical (unpaired) electrons. The number of rotatable bonds is 5. The Balaban J connectivity index is 2.32. The minimum absolute atomic E-state index is 0.0929. The maximum atomic E-state index is 12.1. The van der Waals surface area contributed by atoms with Gasteiger partial charge in [-0.15, -0.1) is 0 Å². The molecule has 0 aliphatic rings. The first kappa shape index (κ1) is 16.0. The number of hydrogen-bond acceptors (Lipinski definition) is 3.